The topological polar surface area (TPSA) is 95.9 Å². The molecule has 0 aliphatic heterocycles. The van der Waals surface area contributed by atoms with E-state index in [2.05, 4.69) is 37.1 Å². The molecule has 0 bridgehead atoms. The number of carbonyl (C=O) groups excluding carboxylic acids is 1. The minimum Gasteiger partial charge on any atom is -0.463 e. The molecule has 0 amide bonds. The van der Waals surface area contributed by atoms with Crippen molar-refractivity contribution in [2.24, 2.45) is 0 Å². The number of carbonyl (C=O) groups is 1. The smallest absolute Gasteiger partial charge is 0.377 e. The van der Waals surface area contributed by atoms with E-state index in [4.69, 9.17) is 4.52 Å². The summed E-state index contributed by atoms with van der Waals surface area (Å²) in [5, 5.41) is 7.93. The Kier molecular flexibility index (Phi) is 4.41. The lowest BCUT2D eigenvalue weighted by molar-refractivity contribution is 0.0586. The molecule has 2 heterocycles. The fourth-order valence-electron chi connectivity index (χ4n) is 2.05. The maximum Gasteiger partial charge on any atom is 0.377 e. The van der Waals surface area contributed by atoms with Crippen LogP contribution >= 0.6 is 0 Å². The molecule has 0 unspecified atom stereocenters. The Balaban J connectivity index is 1.59. The normalized spacial score (nSPS) is 10.7. The first-order valence-electron chi connectivity index (χ1n) is 7.08. The van der Waals surface area contributed by atoms with Crippen molar-refractivity contribution in [2.75, 3.05) is 7.11 Å². The maximum atomic E-state index is 11.3. The van der Waals surface area contributed by atoms with Gasteiger partial charge in [0.1, 0.15) is 12.9 Å². The molecule has 0 aliphatic carbocycles. The van der Waals surface area contributed by atoms with E-state index in [0.29, 0.717) is 18.1 Å². The minimum absolute atomic E-state index is 0.00341. The lowest BCUT2D eigenvalue weighted by Crippen LogP contribution is -2.06. The van der Waals surface area contributed by atoms with Crippen molar-refractivity contribution >= 4 is 5.97 Å². The molecule has 23 heavy (non-hydrogen) atoms. The molecule has 0 aliphatic rings. The summed E-state index contributed by atoms with van der Waals surface area (Å²) in [7, 11) is 1.28. The van der Waals surface area contributed by atoms with Crippen molar-refractivity contribution < 1.29 is 14.1 Å². The van der Waals surface area contributed by atoms with Gasteiger partial charge in [-0.1, -0.05) is 35.5 Å². The van der Waals surface area contributed by atoms with Gasteiger partial charge in [0.25, 0.3) is 5.82 Å². The Labute approximate surface area is 132 Å². The molecule has 0 radical (unpaired) electrons. The SMILES string of the molecule is COC(=O)c1ncn(Cc2nc(CCc3ccccc3)no2)n1. The second-order valence-corrected chi connectivity index (χ2v) is 4.85. The van der Waals surface area contributed by atoms with Crippen molar-refractivity contribution in [2.45, 2.75) is 19.4 Å². The van der Waals surface area contributed by atoms with Crippen molar-refractivity contribution in [1.29, 1.82) is 0 Å². The van der Waals surface area contributed by atoms with E-state index >= 15 is 0 Å². The highest BCUT2D eigenvalue weighted by molar-refractivity contribution is 5.84. The Hall–Kier alpha value is -3.03. The van der Waals surface area contributed by atoms with Crippen molar-refractivity contribution in [3.05, 3.63) is 59.8 Å². The Morgan fingerprint density at radius 2 is 2.09 bits per heavy atom. The summed E-state index contributed by atoms with van der Waals surface area (Å²) in [5.41, 5.74) is 1.22. The van der Waals surface area contributed by atoms with E-state index in [0.717, 1.165) is 6.42 Å². The molecule has 118 valence electrons. The van der Waals surface area contributed by atoms with Crippen LogP contribution in [0.1, 0.15) is 27.9 Å². The molecule has 8 heteroatoms. The third-order valence-electron chi connectivity index (χ3n) is 3.19. The quantitative estimate of drug-likeness (QED) is 0.632. The highest BCUT2D eigenvalue weighted by atomic mass is 16.5. The molecule has 3 rings (SSSR count). The summed E-state index contributed by atoms with van der Waals surface area (Å²) in [6, 6.07) is 10.1. The second-order valence-electron chi connectivity index (χ2n) is 4.85. The molecule has 0 spiro atoms. The van der Waals surface area contributed by atoms with Gasteiger partial charge in [-0.15, -0.1) is 5.10 Å². The zero-order valence-corrected chi connectivity index (χ0v) is 12.5. The number of hydrogen-bond donors (Lipinski definition) is 0. The number of benzene rings is 1. The number of aromatic nitrogens is 5. The van der Waals surface area contributed by atoms with Gasteiger partial charge in [0.05, 0.1) is 7.11 Å². The highest BCUT2D eigenvalue weighted by Crippen LogP contribution is 2.06. The minimum atomic E-state index is -0.585. The molecule has 0 N–H and O–H groups in total. The number of esters is 1. The Bertz CT molecular complexity index is 781. The first-order valence-corrected chi connectivity index (χ1v) is 7.08. The van der Waals surface area contributed by atoms with E-state index in [1.54, 1.807) is 0 Å². The third-order valence-corrected chi connectivity index (χ3v) is 3.19. The molecular formula is C15H15N5O3. The lowest BCUT2D eigenvalue weighted by atomic mass is 10.1. The van der Waals surface area contributed by atoms with Gasteiger partial charge in [0, 0.05) is 6.42 Å². The van der Waals surface area contributed by atoms with Crippen LogP contribution in [0.3, 0.4) is 0 Å². The maximum absolute atomic E-state index is 11.3. The van der Waals surface area contributed by atoms with Gasteiger partial charge in [-0.2, -0.15) is 4.98 Å². The van der Waals surface area contributed by atoms with E-state index in [1.807, 2.05) is 18.2 Å². The van der Waals surface area contributed by atoms with Gasteiger partial charge in [0.2, 0.25) is 5.89 Å². The standard InChI is InChI=1S/C15H15N5O3/c1-22-15(21)14-16-10-20(18-14)9-13-17-12(19-23-13)8-7-11-5-3-2-4-6-11/h2-6,10H,7-9H2,1H3. The highest BCUT2D eigenvalue weighted by Gasteiger charge is 2.13. The molecule has 0 saturated carbocycles. The average Bonchev–Trinajstić information content (AvgIpc) is 3.23. The summed E-state index contributed by atoms with van der Waals surface area (Å²) < 4.78 is 11.2. The van der Waals surface area contributed by atoms with Gasteiger partial charge >= 0.3 is 5.97 Å². The molecule has 2 aromatic heterocycles. The summed E-state index contributed by atoms with van der Waals surface area (Å²) in [5.74, 6) is 0.459. The molecule has 0 saturated heterocycles. The summed E-state index contributed by atoms with van der Waals surface area (Å²) in [6.07, 6.45) is 2.95. The number of hydrogen-bond acceptors (Lipinski definition) is 7. The van der Waals surface area contributed by atoms with E-state index in [-0.39, 0.29) is 12.4 Å². The van der Waals surface area contributed by atoms with E-state index in [1.165, 1.54) is 23.7 Å². The molecule has 1 aromatic carbocycles. The summed E-state index contributed by atoms with van der Waals surface area (Å²) >= 11 is 0. The lowest BCUT2D eigenvalue weighted by Gasteiger charge is -1.96. The van der Waals surface area contributed by atoms with Crippen LogP contribution in [0.15, 0.2) is 41.2 Å². The van der Waals surface area contributed by atoms with Crippen LogP contribution in [0, 0.1) is 0 Å². The van der Waals surface area contributed by atoms with Gasteiger partial charge in [0.15, 0.2) is 5.82 Å². The van der Waals surface area contributed by atoms with Crippen LogP contribution in [0.2, 0.25) is 0 Å². The number of methoxy groups -OCH3 is 1. The number of rotatable bonds is 6. The molecule has 8 nitrogen and oxygen atoms in total. The number of ether oxygens (including phenoxy) is 1. The zero-order valence-electron chi connectivity index (χ0n) is 12.5. The predicted molar refractivity (Wildman–Crippen MR) is 78.6 cm³/mol. The molecule has 0 atom stereocenters. The monoisotopic (exact) mass is 313 g/mol. The van der Waals surface area contributed by atoms with Gasteiger partial charge in [-0.25, -0.2) is 14.5 Å². The van der Waals surface area contributed by atoms with Gasteiger partial charge in [-0.3, -0.25) is 0 Å². The first kappa shape index (κ1) is 14.9. The van der Waals surface area contributed by atoms with Gasteiger partial charge < -0.3 is 9.26 Å². The molecule has 3 aromatic rings. The zero-order chi connectivity index (χ0) is 16.1. The number of aryl methyl sites for hydroxylation is 2. The molecule has 0 fully saturated rings. The average molecular weight is 313 g/mol. The summed E-state index contributed by atoms with van der Waals surface area (Å²) in [4.78, 5) is 19.5. The Morgan fingerprint density at radius 3 is 2.87 bits per heavy atom. The largest absolute Gasteiger partial charge is 0.463 e. The summed E-state index contributed by atoms with van der Waals surface area (Å²) in [6.45, 7) is 0.252. The predicted octanol–water partition coefficient (Wildman–Crippen LogP) is 1.28. The van der Waals surface area contributed by atoms with Crippen LogP contribution in [0.25, 0.3) is 0 Å². The third kappa shape index (κ3) is 3.79. The van der Waals surface area contributed by atoms with Crippen LogP contribution < -0.4 is 0 Å². The van der Waals surface area contributed by atoms with Crippen LogP contribution in [0.5, 0.6) is 0 Å². The van der Waals surface area contributed by atoms with Gasteiger partial charge in [-0.05, 0) is 12.0 Å². The van der Waals surface area contributed by atoms with Crippen LogP contribution in [-0.2, 0) is 24.1 Å². The second kappa shape index (κ2) is 6.82. The Morgan fingerprint density at radius 1 is 1.26 bits per heavy atom. The fraction of sp³-hybridized carbons (Fsp3) is 0.267. The van der Waals surface area contributed by atoms with Crippen molar-refractivity contribution in [3.63, 3.8) is 0 Å². The van der Waals surface area contributed by atoms with Crippen LogP contribution in [-0.4, -0.2) is 38.0 Å². The van der Waals surface area contributed by atoms with Crippen LogP contribution in [0.4, 0.5) is 0 Å². The van der Waals surface area contributed by atoms with Crippen molar-refractivity contribution in [3.8, 4) is 0 Å². The number of nitrogens with zero attached hydrogens (tertiary/aromatic N) is 5. The molecular weight excluding hydrogens is 298 g/mol. The van der Waals surface area contributed by atoms with E-state index in [9.17, 15) is 4.79 Å². The fourth-order valence-corrected chi connectivity index (χ4v) is 2.05. The first-order chi connectivity index (χ1) is 11.2. The van der Waals surface area contributed by atoms with E-state index < -0.39 is 5.97 Å². The van der Waals surface area contributed by atoms with Crippen molar-refractivity contribution in [1.82, 2.24) is 24.9 Å².